The van der Waals surface area contributed by atoms with Crippen molar-refractivity contribution in [3.63, 3.8) is 0 Å². The van der Waals surface area contributed by atoms with Gasteiger partial charge in [0.1, 0.15) is 17.4 Å². The van der Waals surface area contributed by atoms with Crippen LogP contribution in [0.1, 0.15) is 16.7 Å². The number of anilines is 2. The Morgan fingerprint density at radius 2 is 1.75 bits per heavy atom. The highest BCUT2D eigenvalue weighted by atomic mass is 16.3. The van der Waals surface area contributed by atoms with Gasteiger partial charge in [0.25, 0.3) is 5.91 Å². The zero-order chi connectivity index (χ0) is 17.7. The normalized spacial score (nSPS) is 10.8. The van der Waals surface area contributed by atoms with E-state index in [1.54, 1.807) is 12.1 Å². The molecule has 0 aliphatic heterocycles. The van der Waals surface area contributed by atoms with Gasteiger partial charge in [-0.2, -0.15) is 5.26 Å². The number of aromatic hydroxyl groups is 1. The van der Waals surface area contributed by atoms with Gasteiger partial charge in [-0.3, -0.25) is 4.79 Å². The standard InChI is InChI=1S/C19H19N3O2/c1-12-4-6-18(13(2)8-12)22-19(24)15(10-20)11-21-17-7-5-16(23)9-14(17)3/h4-9,11,21,23H,1-3H3,(H,22,24)/b15-11-. The minimum absolute atomic E-state index is 0.0394. The molecule has 0 bridgehead atoms. The van der Waals surface area contributed by atoms with Crippen LogP contribution in [-0.2, 0) is 4.79 Å². The lowest BCUT2D eigenvalue weighted by Crippen LogP contribution is -2.15. The van der Waals surface area contributed by atoms with E-state index in [4.69, 9.17) is 0 Å². The molecule has 2 aromatic carbocycles. The summed E-state index contributed by atoms with van der Waals surface area (Å²) in [6.45, 7) is 5.69. The highest BCUT2D eigenvalue weighted by Crippen LogP contribution is 2.21. The van der Waals surface area contributed by atoms with Gasteiger partial charge in [-0.25, -0.2) is 0 Å². The van der Waals surface area contributed by atoms with E-state index in [1.807, 2.05) is 45.0 Å². The Kier molecular flexibility index (Phi) is 5.23. The second-order valence-corrected chi connectivity index (χ2v) is 5.59. The summed E-state index contributed by atoms with van der Waals surface area (Å²) in [5, 5.41) is 24.3. The Morgan fingerprint density at radius 1 is 1.08 bits per heavy atom. The van der Waals surface area contributed by atoms with Gasteiger partial charge < -0.3 is 15.7 Å². The molecule has 1 amide bonds. The average Bonchev–Trinajstić information content (AvgIpc) is 2.52. The first-order chi connectivity index (χ1) is 11.4. The fourth-order valence-electron chi connectivity index (χ4n) is 2.25. The molecule has 0 radical (unpaired) electrons. The molecule has 0 atom stereocenters. The van der Waals surface area contributed by atoms with Crippen molar-refractivity contribution in [1.29, 1.82) is 5.26 Å². The Hall–Kier alpha value is -3.26. The topological polar surface area (TPSA) is 85.2 Å². The minimum Gasteiger partial charge on any atom is -0.508 e. The molecule has 0 aromatic heterocycles. The van der Waals surface area contributed by atoms with Crippen LogP contribution in [0.15, 0.2) is 48.2 Å². The molecule has 0 aliphatic rings. The summed E-state index contributed by atoms with van der Waals surface area (Å²) < 4.78 is 0. The van der Waals surface area contributed by atoms with E-state index in [1.165, 1.54) is 12.3 Å². The SMILES string of the molecule is Cc1ccc(NC(=O)/C(C#N)=C\Nc2ccc(O)cc2C)c(C)c1. The van der Waals surface area contributed by atoms with Gasteiger partial charge in [0.15, 0.2) is 0 Å². The van der Waals surface area contributed by atoms with E-state index in [9.17, 15) is 15.2 Å². The molecule has 0 aliphatic carbocycles. The Morgan fingerprint density at radius 3 is 2.38 bits per heavy atom. The minimum atomic E-state index is -0.478. The lowest BCUT2D eigenvalue weighted by Gasteiger charge is -2.09. The van der Waals surface area contributed by atoms with Gasteiger partial charge in [-0.15, -0.1) is 0 Å². The summed E-state index contributed by atoms with van der Waals surface area (Å²) in [4.78, 5) is 12.3. The fourth-order valence-corrected chi connectivity index (χ4v) is 2.25. The van der Waals surface area contributed by atoms with Crippen LogP contribution in [0.4, 0.5) is 11.4 Å². The Balaban J connectivity index is 2.15. The zero-order valence-corrected chi connectivity index (χ0v) is 13.8. The number of aryl methyl sites for hydroxylation is 3. The zero-order valence-electron chi connectivity index (χ0n) is 13.8. The number of carbonyl (C=O) groups is 1. The second kappa shape index (κ2) is 7.34. The summed E-state index contributed by atoms with van der Waals surface area (Å²) in [5.74, 6) is -0.316. The Bertz CT molecular complexity index is 848. The van der Waals surface area contributed by atoms with E-state index in [0.29, 0.717) is 11.4 Å². The Labute approximate surface area is 141 Å². The van der Waals surface area contributed by atoms with E-state index in [-0.39, 0.29) is 11.3 Å². The molecule has 0 fully saturated rings. The lowest BCUT2D eigenvalue weighted by atomic mass is 10.1. The molecule has 0 spiro atoms. The number of hydrogen-bond acceptors (Lipinski definition) is 4. The van der Waals surface area contributed by atoms with Crippen LogP contribution in [0.25, 0.3) is 0 Å². The van der Waals surface area contributed by atoms with Gasteiger partial charge in [0.05, 0.1) is 0 Å². The number of nitrogens with one attached hydrogen (secondary N) is 2. The highest BCUT2D eigenvalue weighted by Gasteiger charge is 2.11. The van der Waals surface area contributed by atoms with Crippen molar-refractivity contribution in [3.8, 4) is 11.8 Å². The van der Waals surface area contributed by atoms with Crippen LogP contribution in [0, 0.1) is 32.1 Å². The van der Waals surface area contributed by atoms with Crippen molar-refractivity contribution in [2.45, 2.75) is 20.8 Å². The third-order valence-corrected chi connectivity index (χ3v) is 3.58. The van der Waals surface area contributed by atoms with Crippen LogP contribution >= 0.6 is 0 Å². The quantitative estimate of drug-likeness (QED) is 0.454. The first kappa shape index (κ1) is 17.1. The lowest BCUT2D eigenvalue weighted by molar-refractivity contribution is -0.112. The van der Waals surface area contributed by atoms with Gasteiger partial charge in [0, 0.05) is 17.6 Å². The molecule has 24 heavy (non-hydrogen) atoms. The summed E-state index contributed by atoms with van der Waals surface area (Å²) >= 11 is 0. The van der Waals surface area contributed by atoms with Crippen molar-refractivity contribution in [2.24, 2.45) is 0 Å². The van der Waals surface area contributed by atoms with Crippen LogP contribution in [-0.4, -0.2) is 11.0 Å². The summed E-state index contributed by atoms with van der Waals surface area (Å²) in [5.41, 5.74) is 4.18. The number of nitriles is 1. The predicted molar refractivity (Wildman–Crippen MR) is 94.7 cm³/mol. The van der Waals surface area contributed by atoms with Gasteiger partial charge >= 0.3 is 0 Å². The maximum absolute atomic E-state index is 12.3. The monoisotopic (exact) mass is 321 g/mol. The van der Waals surface area contributed by atoms with Crippen LogP contribution in [0.2, 0.25) is 0 Å². The molecule has 0 heterocycles. The molecule has 122 valence electrons. The van der Waals surface area contributed by atoms with Crippen molar-refractivity contribution in [3.05, 3.63) is 64.9 Å². The molecule has 5 heteroatoms. The van der Waals surface area contributed by atoms with Crippen molar-refractivity contribution in [1.82, 2.24) is 0 Å². The van der Waals surface area contributed by atoms with Gasteiger partial charge in [0.2, 0.25) is 0 Å². The average molecular weight is 321 g/mol. The summed E-state index contributed by atoms with van der Waals surface area (Å²) in [6, 6.07) is 12.4. The van der Waals surface area contributed by atoms with Crippen LogP contribution in [0.5, 0.6) is 5.75 Å². The molecule has 0 saturated carbocycles. The predicted octanol–water partition coefficient (Wildman–Crippen LogP) is 3.78. The smallest absolute Gasteiger partial charge is 0.267 e. The first-order valence-electron chi connectivity index (χ1n) is 7.45. The second-order valence-electron chi connectivity index (χ2n) is 5.59. The van der Waals surface area contributed by atoms with E-state index >= 15 is 0 Å². The number of amides is 1. The third-order valence-electron chi connectivity index (χ3n) is 3.58. The van der Waals surface area contributed by atoms with E-state index in [0.717, 1.165) is 16.7 Å². The summed E-state index contributed by atoms with van der Waals surface area (Å²) in [7, 11) is 0. The van der Waals surface area contributed by atoms with Crippen molar-refractivity contribution in [2.75, 3.05) is 10.6 Å². The number of phenolic OH excluding ortho intramolecular Hbond substituents is 1. The molecule has 2 rings (SSSR count). The van der Waals surface area contributed by atoms with E-state index in [2.05, 4.69) is 10.6 Å². The van der Waals surface area contributed by atoms with Gasteiger partial charge in [-0.1, -0.05) is 17.7 Å². The molecule has 0 unspecified atom stereocenters. The third kappa shape index (κ3) is 4.14. The number of benzene rings is 2. The first-order valence-corrected chi connectivity index (χ1v) is 7.45. The molecular weight excluding hydrogens is 302 g/mol. The molecular formula is C19H19N3O2. The summed E-state index contributed by atoms with van der Waals surface area (Å²) in [6.07, 6.45) is 1.36. The maximum Gasteiger partial charge on any atom is 0.267 e. The molecule has 3 N–H and O–H groups in total. The highest BCUT2D eigenvalue weighted by molar-refractivity contribution is 6.07. The number of phenols is 1. The number of rotatable bonds is 4. The van der Waals surface area contributed by atoms with Crippen molar-refractivity contribution >= 4 is 17.3 Å². The van der Waals surface area contributed by atoms with Crippen molar-refractivity contribution < 1.29 is 9.90 Å². The number of nitrogens with zero attached hydrogens (tertiary/aromatic N) is 1. The van der Waals surface area contributed by atoms with E-state index < -0.39 is 5.91 Å². The maximum atomic E-state index is 12.3. The number of carbonyl (C=O) groups excluding carboxylic acids is 1. The van der Waals surface area contributed by atoms with Crippen LogP contribution in [0.3, 0.4) is 0 Å². The van der Waals surface area contributed by atoms with Gasteiger partial charge in [-0.05, 0) is 56.2 Å². The molecule has 0 saturated heterocycles. The fraction of sp³-hybridized carbons (Fsp3) is 0.158. The van der Waals surface area contributed by atoms with Crippen LogP contribution < -0.4 is 10.6 Å². The molecule has 2 aromatic rings. The number of hydrogen-bond donors (Lipinski definition) is 3. The molecule has 5 nitrogen and oxygen atoms in total. The largest absolute Gasteiger partial charge is 0.508 e.